The van der Waals surface area contributed by atoms with E-state index in [0.717, 1.165) is 0 Å². The number of amides is 1. The van der Waals surface area contributed by atoms with Crippen LogP contribution in [0, 0.1) is 11.3 Å². The summed E-state index contributed by atoms with van der Waals surface area (Å²) in [4.78, 5) is 23.4. The number of nitrogens with zero attached hydrogens (tertiary/aromatic N) is 2. The smallest absolute Gasteiger partial charge is 0.303 e. The Bertz CT molecular complexity index is 318. The molecular formula is C11H16N2O3. The number of hydrogen-bond donors (Lipinski definition) is 0. The Balaban J connectivity index is 4.07. The van der Waals surface area contributed by atoms with Crippen LogP contribution in [0.4, 0.5) is 0 Å². The number of hydrogen-bond acceptors (Lipinski definition) is 4. The maximum absolute atomic E-state index is 11.4. The minimum atomic E-state index is -0.425. The third-order valence-electron chi connectivity index (χ3n) is 1.80. The second-order valence-corrected chi connectivity index (χ2v) is 3.34. The molecule has 1 amide bonds. The van der Waals surface area contributed by atoms with Crippen LogP contribution in [-0.2, 0) is 14.3 Å². The van der Waals surface area contributed by atoms with Gasteiger partial charge in [-0.15, -0.1) is 0 Å². The van der Waals surface area contributed by atoms with Crippen LogP contribution in [0.25, 0.3) is 0 Å². The van der Waals surface area contributed by atoms with Crippen molar-refractivity contribution in [2.45, 2.75) is 26.4 Å². The second-order valence-electron chi connectivity index (χ2n) is 3.34. The van der Waals surface area contributed by atoms with Crippen molar-refractivity contribution >= 4 is 11.9 Å². The van der Waals surface area contributed by atoms with Gasteiger partial charge in [-0.05, 0) is 13.0 Å². The molecule has 0 aliphatic heterocycles. The van der Waals surface area contributed by atoms with E-state index in [4.69, 9.17) is 10.00 Å². The van der Waals surface area contributed by atoms with E-state index < -0.39 is 6.10 Å². The molecule has 5 heteroatoms. The Kier molecular flexibility index (Phi) is 6.61. The van der Waals surface area contributed by atoms with Crippen molar-refractivity contribution in [3.8, 4) is 6.07 Å². The summed E-state index contributed by atoms with van der Waals surface area (Å²) in [6.07, 6.45) is 2.72. The summed E-state index contributed by atoms with van der Waals surface area (Å²) in [6, 6.07) is 1.96. The third kappa shape index (κ3) is 6.60. The van der Waals surface area contributed by atoms with E-state index in [0.29, 0.717) is 13.0 Å². The molecule has 0 N–H and O–H groups in total. The van der Waals surface area contributed by atoms with Crippen molar-refractivity contribution in [1.29, 1.82) is 5.26 Å². The maximum Gasteiger partial charge on any atom is 0.303 e. The Morgan fingerprint density at radius 1 is 1.56 bits per heavy atom. The van der Waals surface area contributed by atoms with Crippen LogP contribution in [0.2, 0.25) is 0 Å². The monoisotopic (exact) mass is 224 g/mol. The molecule has 5 nitrogen and oxygen atoms in total. The van der Waals surface area contributed by atoms with Crippen LogP contribution < -0.4 is 0 Å². The van der Waals surface area contributed by atoms with E-state index in [1.807, 2.05) is 6.07 Å². The predicted octanol–water partition coefficient (Wildman–Crippen LogP) is 0.866. The number of nitriles is 1. The first kappa shape index (κ1) is 14.2. The molecule has 0 radical (unpaired) electrons. The molecule has 0 aromatic carbocycles. The fraction of sp³-hybridized carbons (Fsp3) is 0.545. The van der Waals surface area contributed by atoms with Crippen LogP contribution in [-0.4, -0.2) is 36.5 Å². The number of rotatable bonds is 5. The normalized spacial score (nSPS) is 11.9. The third-order valence-corrected chi connectivity index (χ3v) is 1.80. The van der Waals surface area contributed by atoms with Crippen LogP contribution in [0.3, 0.4) is 0 Å². The van der Waals surface area contributed by atoms with Gasteiger partial charge >= 0.3 is 5.97 Å². The Morgan fingerprint density at radius 3 is 2.69 bits per heavy atom. The molecule has 16 heavy (non-hydrogen) atoms. The zero-order valence-electron chi connectivity index (χ0n) is 9.77. The first-order chi connectivity index (χ1) is 7.47. The van der Waals surface area contributed by atoms with Gasteiger partial charge in [0.05, 0.1) is 12.5 Å². The average Bonchev–Trinajstić information content (AvgIpc) is 2.21. The van der Waals surface area contributed by atoms with Crippen molar-refractivity contribution in [2.75, 3.05) is 13.6 Å². The van der Waals surface area contributed by atoms with Crippen molar-refractivity contribution < 1.29 is 14.3 Å². The highest BCUT2D eigenvalue weighted by molar-refractivity contribution is 5.87. The molecule has 0 aromatic rings. The largest absolute Gasteiger partial charge is 0.459 e. The lowest BCUT2D eigenvalue weighted by atomic mass is 10.3. The van der Waals surface area contributed by atoms with Crippen LogP contribution in [0.15, 0.2) is 12.2 Å². The van der Waals surface area contributed by atoms with Crippen molar-refractivity contribution in [2.24, 2.45) is 0 Å². The molecule has 0 fully saturated rings. The highest BCUT2D eigenvalue weighted by Gasteiger charge is 2.05. The molecule has 0 rings (SSSR count). The van der Waals surface area contributed by atoms with Gasteiger partial charge in [0.1, 0.15) is 6.10 Å². The number of carbonyl (C=O) groups excluding carboxylic acids is 2. The van der Waals surface area contributed by atoms with Crippen molar-refractivity contribution in [3.63, 3.8) is 0 Å². The van der Waals surface area contributed by atoms with E-state index in [1.54, 1.807) is 14.0 Å². The van der Waals surface area contributed by atoms with Gasteiger partial charge in [0.25, 0.3) is 0 Å². The zero-order chi connectivity index (χ0) is 12.6. The summed E-state index contributed by atoms with van der Waals surface area (Å²) < 4.78 is 4.81. The van der Waals surface area contributed by atoms with Gasteiger partial charge in [-0.1, -0.05) is 0 Å². The topological polar surface area (TPSA) is 70.4 Å². The molecule has 1 unspecified atom stereocenters. The van der Waals surface area contributed by atoms with Gasteiger partial charge in [-0.25, -0.2) is 0 Å². The molecule has 0 bridgehead atoms. The molecule has 0 saturated carbocycles. The van der Waals surface area contributed by atoms with E-state index in [9.17, 15) is 9.59 Å². The summed E-state index contributed by atoms with van der Waals surface area (Å²) in [5, 5.41) is 8.35. The molecule has 0 aliphatic rings. The van der Waals surface area contributed by atoms with Crippen molar-refractivity contribution in [1.82, 2.24) is 4.90 Å². The minimum absolute atomic E-state index is 0.214. The predicted molar refractivity (Wildman–Crippen MR) is 58.2 cm³/mol. The number of likely N-dealkylation sites (N-methyl/N-ethyl adjacent to an activating group) is 1. The number of carbonyl (C=O) groups is 2. The van der Waals surface area contributed by atoms with Crippen molar-refractivity contribution in [3.05, 3.63) is 12.2 Å². The fourth-order valence-corrected chi connectivity index (χ4v) is 0.974. The molecule has 0 spiro atoms. The Morgan fingerprint density at radius 2 is 2.19 bits per heavy atom. The summed E-state index contributed by atoms with van der Waals surface area (Å²) in [5.41, 5.74) is 0. The zero-order valence-corrected chi connectivity index (χ0v) is 9.77. The van der Waals surface area contributed by atoms with Gasteiger partial charge < -0.3 is 9.64 Å². The van der Waals surface area contributed by atoms with E-state index in [1.165, 1.54) is 24.0 Å². The average molecular weight is 224 g/mol. The first-order valence-corrected chi connectivity index (χ1v) is 4.94. The van der Waals surface area contributed by atoms with Gasteiger partial charge in [-0.3, -0.25) is 9.59 Å². The molecule has 0 aliphatic carbocycles. The molecule has 0 saturated heterocycles. The number of esters is 1. The first-order valence-electron chi connectivity index (χ1n) is 4.94. The second kappa shape index (κ2) is 7.46. The van der Waals surface area contributed by atoms with Gasteiger partial charge in [-0.2, -0.15) is 5.26 Å². The quantitative estimate of drug-likeness (QED) is 0.513. The standard InChI is InChI=1S/C11H16N2O3/c1-9(16-10(2)14)5-6-11(15)13(3)8-4-7-12/h5-6,9H,4,8H2,1-3H3/b6-5+. The Hall–Kier alpha value is -1.83. The number of ether oxygens (including phenoxy) is 1. The van der Waals surface area contributed by atoms with Crippen LogP contribution in [0.1, 0.15) is 20.3 Å². The molecule has 88 valence electrons. The lowest BCUT2D eigenvalue weighted by Crippen LogP contribution is -2.26. The summed E-state index contributed by atoms with van der Waals surface area (Å²) in [5.74, 6) is -0.600. The van der Waals surface area contributed by atoms with E-state index in [2.05, 4.69) is 0 Å². The van der Waals surface area contributed by atoms with Gasteiger partial charge in [0.2, 0.25) is 5.91 Å². The van der Waals surface area contributed by atoms with E-state index in [-0.39, 0.29) is 11.9 Å². The van der Waals surface area contributed by atoms with E-state index >= 15 is 0 Å². The molecule has 0 heterocycles. The Labute approximate surface area is 95.3 Å². The summed E-state index contributed by atoms with van der Waals surface area (Å²) in [7, 11) is 1.61. The highest BCUT2D eigenvalue weighted by Crippen LogP contribution is 1.96. The molecule has 1 atom stereocenters. The lowest BCUT2D eigenvalue weighted by molar-refractivity contribution is -0.143. The van der Waals surface area contributed by atoms with Gasteiger partial charge in [0.15, 0.2) is 0 Å². The van der Waals surface area contributed by atoms with Gasteiger partial charge in [0, 0.05) is 26.6 Å². The molecular weight excluding hydrogens is 208 g/mol. The summed E-state index contributed by atoms with van der Waals surface area (Å²) in [6.45, 7) is 3.37. The lowest BCUT2D eigenvalue weighted by Gasteiger charge is -2.13. The highest BCUT2D eigenvalue weighted by atomic mass is 16.5. The fourth-order valence-electron chi connectivity index (χ4n) is 0.974. The molecule has 0 aromatic heterocycles. The van der Waals surface area contributed by atoms with Crippen LogP contribution in [0.5, 0.6) is 0 Å². The minimum Gasteiger partial charge on any atom is -0.459 e. The summed E-state index contributed by atoms with van der Waals surface area (Å²) >= 11 is 0. The van der Waals surface area contributed by atoms with Crippen LogP contribution >= 0.6 is 0 Å². The SMILES string of the molecule is CC(=O)OC(C)/C=C/C(=O)N(C)CCC#N. The maximum atomic E-state index is 11.4.